The van der Waals surface area contributed by atoms with Crippen LogP contribution in [0.3, 0.4) is 0 Å². The van der Waals surface area contributed by atoms with Crippen molar-refractivity contribution in [3.63, 3.8) is 0 Å². The maximum atomic E-state index is 10.7. The molecule has 2 heterocycles. The van der Waals surface area contributed by atoms with Gasteiger partial charge in [-0.15, -0.1) is 0 Å². The Kier molecular flexibility index (Phi) is 1.71. The lowest BCUT2D eigenvalue weighted by Gasteiger charge is -2.19. The second kappa shape index (κ2) is 2.73. The monoisotopic (exact) mass is 164 g/mol. The van der Waals surface area contributed by atoms with Crippen LogP contribution in [0.1, 0.15) is 30.3 Å². The van der Waals surface area contributed by atoms with Crippen molar-refractivity contribution < 1.29 is 4.79 Å². The highest BCUT2D eigenvalue weighted by Crippen LogP contribution is 2.22. The van der Waals surface area contributed by atoms with Crippen LogP contribution in [0.15, 0.2) is 6.07 Å². The molecule has 3 heteroatoms. The zero-order valence-corrected chi connectivity index (χ0v) is 7.16. The van der Waals surface area contributed by atoms with Crippen LogP contribution in [-0.4, -0.2) is 16.1 Å². The van der Waals surface area contributed by atoms with Crippen LogP contribution in [0, 0.1) is 6.92 Å². The number of carbonyl (C=O) groups excluding carboxylic acids is 1. The molecule has 0 amide bonds. The van der Waals surface area contributed by atoms with Gasteiger partial charge < -0.3 is 4.79 Å². The van der Waals surface area contributed by atoms with Gasteiger partial charge in [0.15, 0.2) is 0 Å². The molecule has 0 bridgehead atoms. The third-order valence-electron chi connectivity index (χ3n) is 2.34. The zero-order valence-electron chi connectivity index (χ0n) is 7.16. The van der Waals surface area contributed by atoms with Crippen molar-refractivity contribution in [2.24, 2.45) is 0 Å². The fourth-order valence-electron chi connectivity index (χ4n) is 1.78. The molecule has 1 aliphatic heterocycles. The molecule has 1 unspecified atom stereocenters. The van der Waals surface area contributed by atoms with E-state index in [9.17, 15) is 4.79 Å². The first-order chi connectivity index (χ1) is 5.81. The highest BCUT2D eigenvalue weighted by Gasteiger charge is 2.19. The van der Waals surface area contributed by atoms with Crippen LogP contribution >= 0.6 is 0 Å². The summed E-state index contributed by atoms with van der Waals surface area (Å²) in [5.41, 5.74) is 2.22. The van der Waals surface area contributed by atoms with Gasteiger partial charge in [-0.3, -0.25) is 4.68 Å². The van der Waals surface area contributed by atoms with Crippen LogP contribution in [-0.2, 0) is 11.2 Å². The van der Waals surface area contributed by atoms with E-state index in [2.05, 4.69) is 11.2 Å². The highest BCUT2D eigenvalue weighted by atomic mass is 16.1. The van der Waals surface area contributed by atoms with Crippen LogP contribution in [0.5, 0.6) is 0 Å². The molecule has 0 spiro atoms. The fourth-order valence-corrected chi connectivity index (χ4v) is 1.78. The van der Waals surface area contributed by atoms with E-state index in [0.717, 1.165) is 31.2 Å². The second-order valence-electron chi connectivity index (χ2n) is 3.32. The molecule has 0 saturated carbocycles. The molecule has 0 radical (unpaired) electrons. The molecule has 1 aromatic rings. The molecular weight excluding hydrogens is 152 g/mol. The molecular formula is C9H12N2O. The summed E-state index contributed by atoms with van der Waals surface area (Å²) in [5, 5.41) is 4.29. The summed E-state index contributed by atoms with van der Waals surface area (Å²) in [5.74, 6) is 0. The minimum absolute atomic E-state index is 0.0116. The summed E-state index contributed by atoms with van der Waals surface area (Å²) in [4.78, 5) is 10.7. The molecule has 1 aromatic heterocycles. The quantitative estimate of drug-likeness (QED) is 0.586. The van der Waals surface area contributed by atoms with Crippen molar-refractivity contribution in [1.82, 2.24) is 9.78 Å². The van der Waals surface area contributed by atoms with E-state index in [4.69, 9.17) is 0 Å². The largest absolute Gasteiger partial charge is 0.301 e. The SMILES string of the molecule is Cc1cc2n(n1)C(C=O)CCC2. The summed E-state index contributed by atoms with van der Waals surface area (Å²) >= 11 is 0. The summed E-state index contributed by atoms with van der Waals surface area (Å²) in [6, 6.07) is 2.05. The number of hydrogen-bond acceptors (Lipinski definition) is 2. The Morgan fingerprint density at radius 2 is 2.58 bits per heavy atom. The standard InChI is InChI=1S/C9H12N2O/c1-7-5-8-3-2-4-9(6-12)11(8)10-7/h5-6,9H,2-4H2,1H3. The van der Waals surface area contributed by atoms with Crippen LogP contribution in [0.4, 0.5) is 0 Å². The Bertz CT molecular complexity index is 303. The van der Waals surface area contributed by atoms with E-state index in [-0.39, 0.29) is 6.04 Å². The van der Waals surface area contributed by atoms with Gasteiger partial charge in [-0.2, -0.15) is 5.10 Å². The van der Waals surface area contributed by atoms with E-state index >= 15 is 0 Å². The van der Waals surface area contributed by atoms with E-state index in [1.165, 1.54) is 5.69 Å². The molecule has 1 aliphatic rings. The maximum Gasteiger partial charge on any atom is 0.144 e. The summed E-state index contributed by atoms with van der Waals surface area (Å²) < 4.78 is 1.87. The Balaban J connectivity index is 2.43. The van der Waals surface area contributed by atoms with Crippen molar-refractivity contribution in [1.29, 1.82) is 0 Å². The smallest absolute Gasteiger partial charge is 0.144 e. The van der Waals surface area contributed by atoms with E-state index < -0.39 is 0 Å². The molecule has 1 atom stereocenters. The molecule has 0 saturated heterocycles. The van der Waals surface area contributed by atoms with Gasteiger partial charge in [-0.05, 0) is 32.3 Å². The molecule has 64 valence electrons. The molecule has 12 heavy (non-hydrogen) atoms. The number of hydrogen-bond donors (Lipinski definition) is 0. The first kappa shape index (κ1) is 7.53. The summed E-state index contributed by atoms with van der Waals surface area (Å²) in [6.07, 6.45) is 4.10. The van der Waals surface area contributed by atoms with Gasteiger partial charge in [0.25, 0.3) is 0 Å². The number of rotatable bonds is 1. The Labute approximate surface area is 71.4 Å². The number of carbonyl (C=O) groups is 1. The maximum absolute atomic E-state index is 10.7. The average molecular weight is 164 g/mol. The minimum Gasteiger partial charge on any atom is -0.301 e. The lowest BCUT2D eigenvalue weighted by molar-refractivity contribution is -0.111. The number of fused-ring (bicyclic) bond motifs is 1. The fraction of sp³-hybridized carbons (Fsp3) is 0.556. The lowest BCUT2D eigenvalue weighted by atomic mass is 10.0. The molecule has 0 fully saturated rings. The number of aryl methyl sites for hydroxylation is 2. The van der Waals surface area contributed by atoms with Gasteiger partial charge in [0.05, 0.1) is 5.69 Å². The van der Waals surface area contributed by atoms with Crippen LogP contribution in [0.2, 0.25) is 0 Å². The Morgan fingerprint density at radius 1 is 1.75 bits per heavy atom. The molecule has 0 aromatic carbocycles. The Morgan fingerprint density at radius 3 is 3.33 bits per heavy atom. The van der Waals surface area contributed by atoms with Gasteiger partial charge in [0.1, 0.15) is 12.3 Å². The third-order valence-corrected chi connectivity index (χ3v) is 2.34. The predicted octanol–water partition coefficient (Wildman–Crippen LogP) is 1.27. The number of aldehydes is 1. The molecule has 0 N–H and O–H groups in total. The van der Waals surface area contributed by atoms with Crippen LogP contribution in [0.25, 0.3) is 0 Å². The summed E-state index contributed by atoms with van der Waals surface area (Å²) in [7, 11) is 0. The van der Waals surface area contributed by atoms with E-state index in [1.807, 2.05) is 11.6 Å². The molecule has 2 rings (SSSR count). The van der Waals surface area contributed by atoms with E-state index in [1.54, 1.807) is 0 Å². The predicted molar refractivity (Wildman–Crippen MR) is 45.0 cm³/mol. The average Bonchev–Trinajstić information content (AvgIpc) is 2.44. The Hall–Kier alpha value is -1.12. The van der Waals surface area contributed by atoms with Gasteiger partial charge >= 0.3 is 0 Å². The van der Waals surface area contributed by atoms with Gasteiger partial charge in [-0.25, -0.2) is 0 Å². The van der Waals surface area contributed by atoms with Crippen molar-refractivity contribution in [2.75, 3.05) is 0 Å². The zero-order chi connectivity index (χ0) is 8.55. The van der Waals surface area contributed by atoms with Crippen LogP contribution < -0.4 is 0 Å². The van der Waals surface area contributed by atoms with Crippen molar-refractivity contribution >= 4 is 6.29 Å². The highest BCUT2D eigenvalue weighted by molar-refractivity contribution is 5.56. The first-order valence-electron chi connectivity index (χ1n) is 4.31. The topological polar surface area (TPSA) is 34.9 Å². The van der Waals surface area contributed by atoms with Gasteiger partial charge in [0, 0.05) is 5.69 Å². The first-order valence-corrected chi connectivity index (χ1v) is 4.31. The number of nitrogens with zero attached hydrogens (tertiary/aromatic N) is 2. The third kappa shape index (κ3) is 1.05. The molecule has 3 nitrogen and oxygen atoms in total. The normalized spacial score (nSPS) is 21.9. The lowest BCUT2D eigenvalue weighted by Crippen LogP contribution is -2.19. The van der Waals surface area contributed by atoms with Gasteiger partial charge in [-0.1, -0.05) is 0 Å². The summed E-state index contributed by atoms with van der Waals surface area (Å²) in [6.45, 7) is 1.97. The van der Waals surface area contributed by atoms with Gasteiger partial charge in [0.2, 0.25) is 0 Å². The van der Waals surface area contributed by atoms with Crippen molar-refractivity contribution in [3.05, 3.63) is 17.5 Å². The second-order valence-corrected chi connectivity index (χ2v) is 3.32. The van der Waals surface area contributed by atoms with Crippen molar-refractivity contribution in [2.45, 2.75) is 32.2 Å². The minimum atomic E-state index is -0.0116. The van der Waals surface area contributed by atoms with Crippen molar-refractivity contribution in [3.8, 4) is 0 Å². The van der Waals surface area contributed by atoms with E-state index in [0.29, 0.717) is 0 Å². The number of aromatic nitrogens is 2. The molecule has 0 aliphatic carbocycles.